The maximum atomic E-state index is 12.6. The van der Waals surface area contributed by atoms with Crippen molar-refractivity contribution in [3.63, 3.8) is 0 Å². The Bertz CT molecular complexity index is 614. The second kappa shape index (κ2) is 7.99. The Balaban J connectivity index is 2.68. The quantitative estimate of drug-likeness (QED) is 0.501. The van der Waals surface area contributed by atoms with Gasteiger partial charge in [-0.3, -0.25) is 9.13 Å². The topological polar surface area (TPSA) is 124 Å². The van der Waals surface area contributed by atoms with Crippen LogP contribution in [0.1, 0.15) is 12.0 Å². The molecule has 1 rings (SSSR count). The Morgan fingerprint density at radius 3 is 2.04 bits per heavy atom. The van der Waals surface area contributed by atoms with Crippen LogP contribution in [0.5, 0.6) is 5.75 Å². The molecule has 138 valence electrons. The number of hydrogen-bond acceptors (Lipinski definition) is 3. The molecule has 4 N–H and O–H groups in total. The van der Waals surface area contributed by atoms with Crippen LogP contribution in [0, 0.1) is 5.92 Å². The van der Waals surface area contributed by atoms with Gasteiger partial charge in [-0.1, -0.05) is 6.07 Å². The van der Waals surface area contributed by atoms with E-state index in [1.165, 1.54) is 6.07 Å². The molecule has 0 atom stereocenters. The highest BCUT2D eigenvalue weighted by atomic mass is 31.2. The monoisotopic (exact) mass is 392 g/mol. The van der Waals surface area contributed by atoms with E-state index >= 15 is 0 Å². The van der Waals surface area contributed by atoms with Crippen molar-refractivity contribution in [1.82, 2.24) is 0 Å². The van der Waals surface area contributed by atoms with Gasteiger partial charge in [-0.2, -0.15) is 13.2 Å². The summed E-state index contributed by atoms with van der Waals surface area (Å²) in [4.78, 5) is 35.7. The Morgan fingerprint density at radius 2 is 1.58 bits per heavy atom. The average Bonchev–Trinajstić information content (AvgIpc) is 2.34. The first-order valence-electron chi connectivity index (χ1n) is 6.65. The molecule has 0 aromatic heterocycles. The predicted molar refractivity (Wildman–Crippen MR) is 78.9 cm³/mol. The summed E-state index contributed by atoms with van der Waals surface area (Å²) in [5.74, 6) is -1.13. The van der Waals surface area contributed by atoms with E-state index in [2.05, 4.69) is 0 Å². The summed E-state index contributed by atoms with van der Waals surface area (Å²) in [5, 5.41) is 0. The minimum atomic E-state index is -4.54. The first kappa shape index (κ1) is 21.2. The van der Waals surface area contributed by atoms with Crippen LogP contribution in [0.3, 0.4) is 0 Å². The molecule has 0 bridgehead atoms. The predicted octanol–water partition coefficient (Wildman–Crippen LogP) is 2.45. The zero-order chi connectivity index (χ0) is 18.6. The van der Waals surface area contributed by atoms with Gasteiger partial charge >= 0.3 is 21.4 Å². The van der Waals surface area contributed by atoms with Gasteiger partial charge in [0, 0.05) is 0 Å². The lowest BCUT2D eigenvalue weighted by atomic mass is 10.1. The fraction of sp³-hybridized carbons (Fsp3) is 0.500. The number of rotatable bonds is 8. The van der Waals surface area contributed by atoms with Crippen molar-refractivity contribution in [1.29, 1.82) is 0 Å². The lowest BCUT2D eigenvalue weighted by Gasteiger charge is -2.18. The van der Waals surface area contributed by atoms with E-state index in [0.717, 1.165) is 18.2 Å². The lowest BCUT2D eigenvalue weighted by Crippen LogP contribution is -2.16. The molecule has 24 heavy (non-hydrogen) atoms. The molecule has 0 saturated heterocycles. The normalized spacial score (nSPS) is 13.3. The molecule has 0 spiro atoms. The number of benzene rings is 1. The molecular weight excluding hydrogens is 375 g/mol. The van der Waals surface area contributed by atoms with Gasteiger partial charge in [-0.05, 0) is 30.5 Å². The van der Waals surface area contributed by atoms with Crippen LogP contribution in [0.2, 0.25) is 0 Å². The molecule has 1 aromatic carbocycles. The minimum absolute atomic E-state index is 0.101. The minimum Gasteiger partial charge on any atom is -0.494 e. The summed E-state index contributed by atoms with van der Waals surface area (Å²) in [7, 11) is -9.00. The highest BCUT2D eigenvalue weighted by molar-refractivity contribution is 7.52. The molecule has 1 aromatic rings. The molecule has 12 heteroatoms. The molecule has 0 unspecified atom stereocenters. The summed E-state index contributed by atoms with van der Waals surface area (Å²) in [6, 6.07) is 4.04. The van der Waals surface area contributed by atoms with Gasteiger partial charge in [0.15, 0.2) is 0 Å². The van der Waals surface area contributed by atoms with E-state index in [9.17, 15) is 22.3 Å². The Hall–Kier alpha value is -0.890. The third-order valence-electron chi connectivity index (χ3n) is 2.95. The first-order chi connectivity index (χ1) is 10.8. The fourth-order valence-corrected chi connectivity index (χ4v) is 4.19. The maximum Gasteiger partial charge on any atom is 0.416 e. The van der Waals surface area contributed by atoms with Crippen LogP contribution in [0.25, 0.3) is 0 Å². The van der Waals surface area contributed by atoms with Crippen LogP contribution < -0.4 is 4.74 Å². The van der Waals surface area contributed by atoms with Gasteiger partial charge < -0.3 is 24.3 Å². The lowest BCUT2D eigenvalue weighted by molar-refractivity contribution is -0.137. The zero-order valence-electron chi connectivity index (χ0n) is 12.3. The van der Waals surface area contributed by atoms with Crippen LogP contribution in [-0.4, -0.2) is 38.5 Å². The van der Waals surface area contributed by atoms with Crippen LogP contribution in [-0.2, 0) is 15.3 Å². The Morgan fingerprint density at radius 1 is 1.04 bits per heavy atom. The third kappa shape index (κ3) is 8.82. The van der Waals surface area contributed by atoms with Crippen LogP contribution in [0.4, 0.5) is 13.2 Å². The van der Waals surface area contributed by atoms with Crippen molar-refractivity contribution in [3.8, 4) is 5.75 Å². The zero-order valence-corrected chi connectivity index (χ0v) is 14.0. The summed E-state index contributed by atoms with van der Waals surface area (Å²) >= 11 is 0. The summed E-state index contributed by atoms with van der Waals surface area (Å²) in [6.45, 7) is -0.244. The summed E-state index contributed by atoms with van der Waals surface area (Å²) in [6.07, 6.45) is -6.16. The van der Waals surface area contributed by atoms with Crippen molar-refractivity contribution in [2.24, 2.45) is 5.92 Å². The van der Waals surface area contributed by atoms with E-state index in [4.69, 9.17) is 24.3 Å². The molecule has 0 amide bonds. The van der Waals surface area contributed by atoms with Gasteiger partial charge in [-0.15, -0.1) is 0 Å². The highest BCUT2D eigenvalue weighted by Crippen LogP contribution is 2.44. The van der Waals surface area contributed by atoms with Crippen molar-refractivity contribution in [2.45, 2.75) is 12.6 Å². The van der Waals surface area contributed by atoms with Gasteiger partial charge in [0.25, 0.3) is 0 Å². The van der Waals surface area contributed by atoms with E-state index < -0.39 is 45.2 Å². The molecule has 7 nitrogen and oxygen atoms in total. The second-order valence-electron chi connectivity index (χ2n) is 5.22. The maximum absolute atomic E-state index is 12.6. The van der Waals surface area contributed by atoms with Crippen molar-refractivity contribution in [2.75, 3.05) is 18.9 Å². The second-order valence-corrected chi connectivity index (χ2v) is 8.61. The SMILES string of the molecule is O=P(O)(O)CC(CCOc1cccc(C(F)(F)F)c1)CP(=O)(O)O. The first-order valence-corrected chi connectivity index (χ1v) is 10.2. The Labute approximate surface area is 135 Å². The molecular formula is C12H17F3O7P2. The number of halogens is 3. The largest absolute Gasteiger partial charge is 0.494 e. The molecule has 0 fully saturated rings. The van der Waals surface area contributed by atoms with Gasteiger partial charge in [-0.25, -0.2) is 0 Å². The average molecular weight is 392 g/mol. The number of ether oxygens (including phenoxy) is 1. The van der Waals surface area contributed by atoms with Crippen molar-refractivity contribution < 1.29 is 46.6 Å². The molecule has 0 saturated carbocycles. The van der Waals surface area contributed by atoms with Crippen molar-refractivity contribution >= 4 is 15.2 Å². The summed E-state index contributed by atoms with van der Waals surface area (Å²) < 4.78 is 64.8. The van der Waals surface area contributed by atoms with Crippen LogP contribution in [0.15, 0.2) is 24.3 Å². The summed E-state index contributed by atoms with van der Waals surface area (Å²) in [5.41, 5.74) is -0.915. The van der Waals surface area contributed by atoms with E-state index in [1.807, 2.05) is 0 Å². The third-order valence-corrected chi connectivity index (χ3v) is 4.93. The smallest absolute Gasteiger partial charge is 0.416 e. The molecule has 0 aliphatic heterocycles. The van der Waals surface area contributed by atoms with E-state index in [-0.39, 0.29) is 18.8 Å². The fourth-order valence-electron chi connectivity index (χ4n) is 2.02. The van der Waals surface area contributed by atoms with E-state index in [0.29, 0.717) is 0 Å². The van der Waals surface area contributed by atoms with Gasteiger partial charge in [0.05, 0.1) is 24.5 Å². The number of alkyl halides is 3. The molecule has 0 aliphatic carbocycles. The Kier molecular flexibility index (Phi) is 7.04. The molecule has 0 heterocycles. The highest BCUT2D eigenvalue weighted by Gasteiger charge is 2.31. The molecule has 0 aliphatic rings. The van der Waals surface area contributed by atoms with Crippen molar-refractivity contribution in [3.05, 3.63) is 29.8 Å². The molecule has 0 radical (unpaired) electrons. The number of hydrogen-bond donors (Lipinski definition) is 4. The van der Waals surface area contributed by atoms with Gasteiger partial charge in [0.2, 0.25) is 0 Å². The van der Waals surface area contributed by atoms with E-state index in [1.54, 1.807) is 0 Å². The van der Waals surface area contributed by atoms with Gasteiger partial charge in [0.1, 0.15) is 5.75 Å². The standard InChI is InChI=1S/C12H17F3O7P2/c13-12(14,15)10-2-1-3-11(6-10)22-5-4-9(7-23(16,17)18)8-24(19,20)21/h1-3,6,9H,4-5,7-8H2,(H2,16,17,18)(H2,19,20,21). The van der Waals surface area contributed by atoms with Crippen LogP contribution >= 0.6 is 15.2 Å².